The van der Waals surface area contributed by atoms with Gasteiger partial charge in [-0.2, -0.15) is 4.98 Å². The Morgan fingerprint density at radius 1 is 0.935 bits per heavy atom. The van der Waals surface area contributed by atoms with Gasteiger partial charge in [-0.1, -0.05) is 65.8 Å². The van der Waals surface area contributed by atoms with Crippen LogP contribution in [0.5, 0.6) is 5.88 Å². The fourth-order valence-corrected chi connectivity index (χ4v) is 6.58. The molecule has 0 spiro atoms. The first-order valence-corrected chi connectivity index (χ1v) is 16.8. The Hall–Kier alpha value is -4.38. The normalized spacial score (nSPS) is 16.8. The van der Waals surface area contributed by atoms with Crippen molar-refractivity contribution in [2.75, 3.05) is 11.3 Å². The van der Waals surface area contributed by atoms with Gasteiger partial charge >= 0.3 is 0 Å². The lowest BCUT2D eigenvalue weighted by molar-refractivity contribution is 0.0505. The number of aromatic nitrogens is 4. The van der Waals surface area contributed by atoms with Crippen molar-refractivity contribution in [3.63, 3.8) is 0 Å². The van der Waals surface area contributed by atoms with Crippen LogP contribution in [0, 0.1) is 19.3 Å². The lowest BCUT2D eigenvalue weighted by atomic mass is 9.87. The molecular formula is C35H42N6O4S. The number of hydrogen-bond donors (Lipinski definition) is 1. The van der Waals surface area contributed by atoms with Gasteiger partial charge in [-0.15, -0.1) is 0 Å². The van der Waals surface area contributed by atoms with Gasteiger partial charge in [0.15, 0.2) is 0 Å². The lowest BCUT2D eigenvalue weighted by Crippen LogP contribution is -2.45. The Bertz CT molecular complexity index is 1860. The van der Waals surface area contributed by atoms with E-state index in [1.54, 1.807) is 29.3 Å². The van der Waals surface area contributed by atoms with Crippen molar-refractivity contribution in [2.45, 2.75) is 84.7 Å². The van der Waals surface area contributed by atoms with Crippen LogP contribution in [0.25, 0.3) is 11.3 Å². The maximum Gasteiger partial charge on any atom is 0.264 e. The number of carbonyl (C=O) groups is 1. The van der Waals surface area contributed by atoms with E-state index in [-0.39, 0.29) is 52.2 Å². The van der Waals surface area contributed by atoms with E-state index in [1.807, 2.05) is 38.1 Å². The molecular weight excluding hydrogens is 600 g/mol. The number of amides is 1. The van der Waals surface area contributed by atoms with Gasteiger partial charge in [0.25, 0.3) is 15.9 Å². The first kappa shape index (κ1) is 33.0. The van der Waals surface area contributed by atoms with E-state index < -0.39 is 16.1 Å². The van der Waals surface area contributed by atoms with Gasteiger partial charge in [-0.3, -0.25) is 4.79 Å². The molecule has 2 aromatic carbocycles. The van der Waals surface area contributed by atoms with Crippen molar-refractivity contribution < 1.29 is 17.9 Å². The SMILES string of the molecule is Cc1cccc(C)c1-c1cc2nc(n1)NS(=O)(=O)c1cccc(c1)C(=O)N(Cc1nccc(C(C)(C)C)n1)[C@H](CC(C)(C)C)CO2. The molecule has 1 N–H and O–H groups in total. The van der Waals surface area contributed by atoms with E-state index in [0.29, 0.717) is 17.9 Å². The third-order valence-electron chi connectivity index (χ3n) is 7.82. The summed E-state index contributed by atoms with van der Waals surface area (Å²) >= 11 is 0. The predicted octanol–water partition coefficient (Wildman–Crippen LogP) is 6.49. The molecule has 4 bridgehead atoms. The zero-order chi connectivity index (χ0) is 33.4. The molecule has 1 atom stereocenters. The Labute approximate surface area is 271 Å². The van der Waals surface area contributed by atoms with E-state index in [0.717, 1.165) is 22.4 Å². The van der Waals surface area contributed by atoms with Crippen molar-refractivity contribution in [1.29, 1.82) is 0 Å². The maximum absolute atomic E-state index is 14.4. The minimum atomic E-state index is -4.17. The number of hydrogen-bond acceptors (Lipinski definition) is 8. The molecule has 1 aliphatic rings. The minimum absolute atomic E-state index is 0.0839. The molecule has 242 valence electrons. The quantitative estimate of drug-likeness (QED) is 0.268. The van der Waals surface area contributed by atoms with E-state index in [1.165, 1.54) is 12.1 Å². The Morgan fingerprint density at radius 3 is 2.30 bits per heavy atom. The molecule has 1 aliphatic heterocycles. The number of carbonyl (C=O) groups excluding carboxylic acids is 1. The summed E-state index contributed by atoms with van der Waals surface area (Å²) in [6.07, 6.45) is 2.29. The highest BCUT2D eigenvalue weighted by Crippen LogP contribution is 2.32. The zero-order valence-corrected chi connectivity index (χ0v) is 28.6. The standard InChI is InChI=1S/C35H42N6O4S/c1-22-11-9-12-23(2)31(22)27-18-30-39-33(37-27)40-46(43,44)26-14-10-13-24(17-26)32(42)41(25(21-45-30)19-34(3,4)5)20-29-36-16-15-28(38-29)35(6,7)8/h9-18,25H,19-21H2,1-8H3,(H,37,39,40)/t25-/m1/s1. The molecule has 3 heterocycles. The van der Waals surface area contributed by atoms with Gasteiger partial charge in [0.1, 0.15) is 12.4 Å². The van der Waals surface area contributed by atoms with Crippen LogP contribution in [0.3, 0.4) is 0 Å². The topological polar surface area (TPSA) is 127 Å². The molecule has 0 saturated heterocycles. The average Bonchev–Trinajstić information content (AvgIpc) is 2.96. The van der Waals surface area contributed by atoms with Gasteiger partial charge in [0, 0.05) is 34.5 Å². The second kappa shape index (κ2) is 12.4. The highest BCUT2D eigenvalue weighted by molar-refractivity contribution is 7.92. The van der Waals surface area contributed by atoms with Crippen molar-refractivity contribution >= 4 is 21.9 Å². The first-order valence-electron chi connectivity index (χ1n) is 15.3. The lowest BCUT2D eigenvalue weighted by Gasteiger charge is -2.35. The number of ether oxygens (including phenoxy) is 1. The van der Waals surface area contributed by atoms with Crippen LogP contribution < -0.4 is 9.46 Å². The van der Waals surface area contributed by atoms with Gasteiger partial charge in [0.2, 0.25) is 11.8 Å². The molecule has 11 heteroatoms. The Balaban J connectivity index is 1.68. The van der Waals surface area contributed by atoms with Crippen molar-refractivity contribution in [1.82, 2.24) is 24.8 Å². The summed E-state index contributed by atoms with van der Waals surface area (Å²) in [7, 11) is -4.17. The summed E-state index contributed by atoms with van der Waals surface area (Å²) in [5, 5.41) is 0. The van der Waals surface area contributed by atoms with Crippen molar-refractivity contribution in [2.24, 2.45) is 5.41 Å². The third kappa shape index (κ3) is 7.52. The van der Waals surface area contributed by atoms with E-state index in [4.69, 9.17) is 9.72 Å². The summed E-state index contributed by atoms with van der Waals surface area (Å²) in [5.74, 6) is 0.195. The number of sulfonamides is 1. The fourth-order valence-electron chi connectivity index (χ4n) is 5.59. The van der Waals surface area contributed by atoms with Crippen LogP contribution in [0.1, 0.15) is 81.0 Å². The summed E-state index contributed by atoms with van der Waals surface area (Å²) in [5.41, 5.74) is 4.00. The summed E-state index contributed by atoms with van der Waals surface area (Å²) in [4.78, 5) is 34.4. The molecule has 0 radical (unpaired) electrons. The number of anilines is 1. The highest BCUT2D eigenvalue weighted by atomic mass is 32.2. The Kier molecular flexibility index (Phi) is 8.92. The second-order valence-electron chi connectivity index (χ2n) is 14.1. The first-order chi connectivity index (χ1) is 21.5. The number of aryl methyl sites for hydroxylation is 2. The molecule has 0 saturated carbocycles. The number of nitrogens with one attached hydrogen (secondary N) is 1. The molecule has 1 amide bonds. The summed E-state index contributed by atoms with van der Waals surface area (Å²) in [6.45, 7) is 16.7. The van der Waals surface area contributed by atoms with Gasteiger partial charge in [-0.05, 0) is 61.1 Å². The minimum Gasteiger partial charge on any atom is -0.475 e. The van der Waals surface area contributed by atoms with Gasteiger partial charge < -0.3 is 9.64 Å². The number of rotatable bonds is 4. The van der Waals surface area contributed by atoms with E-state index in [9.17, 15) is 13.2 Å². The molecule has 5 rings (SSSR count). The smallest absolute Gasteiger partial charge is 0.264 e. The van der Waals surface area contributed by atoms with E-state index >= 15 is 0 Å². The Morgan fingerprint density at radius 2 is 1.63 bits per heavy atom. The molecule has 10 nitrogen and oxygen atoms in total. The zero-order valence-electron chi connectivity index (χ0n) is 27.7. The number of nitrogens with zero attached hydrogens (tertiary/aromatic N) is 5. The molecule has 0 unspecified atom stereocenters. The van der Waals surface area contributed by atoms with Gasteiger partial charge in [0.05, 0.1) is 23.2 Å². The third-order valence-corrected chi connectivity index (χ3v) is 9.14. The monoisotopic (exact) mass is 642 g/mol. The fraction of sp³-hybridized carbons (Fsp3) is 0.400. The largest absolute Gasteiger partial charge is 0.475 e. The maximum atomic E-state index is 14.4. The predicted molar refractivity (Wildman–Crippen MR) is 178 cm³/mol. The van der Waals surface area contributed by atoms with Crippen LogP contribution in [-0.2, 0) is 22.0 Å². The van der Waals surface area contributed by atoms with Crippen LogP contribution in [-0.4, -0.2) is 51.8 Å². The molecule has 0 fully saturated rings. The molecule has 2 aromatic heterocycles. The highest BCUT2D eigenvalue weighted by Gasteiger charge is 2.32. The average molecular weight is 643 g/mol. The van der Waals surface area contributed by atoms with Crippen molar-refractivity contribution in [3.05, 3.63) is 89.0 Å². The van der Waals surface area contributed by atoms with Crippen LogP contribution >= 0.6 is 0 Å². The molecule has 4 aromatic rings. The molecule has 46 heavy (non-hydrogen) atoms. The summed E-state index contributed by atoms with van der Waals surface area (Å²) < 4.78 is 36.2. The molecule has 0 aliphatic carbocycles. The van der Waals surface area contributed by atoms with Crippen molar-refractivity contribution in [3.8, 4) is 17.1 Å². The number of benzene rings is 2. The second-order valence-corrected chi connectivity index (χ2v) is 15.8. The van der Waals surface area contributed by atoms with E-state index in [2.05, 4.69) is 61.2 Å². The van der Waals surface area contributed by atoms with Crippen LogP contribution in [0.4, 0.5) is 5.95 Å². The number of fused-ring (bicyclic) bond motifs is 4. The van der Waals surface area contributed by atoms with Gasteiger partial charge in [-0.25, -0.2) is 28.1 Å². The van der Waals surface area contributed by atoms with Crippen LogP contribution in [0.15, 0.2) is 65.7 Å². The summed E-state index contributed by atoms with van der Waals surface area (Å²) in [6, 6.07) is 15.1. The van der Waals surface area contributed by atoms with Crippen LogP contribution in [0.2, 0.25) is 0 Å².